The fourth-order valence-electron chi connectivity index (χ4n) is 1.48. The van der Waals surface area contributed by atoms with Crippen LogP contribution in [0, 0.1) is 5.92 Å². The number of carbonyl (C=O) groups excluding carboxylic acids is 2. The Kier molecular flexibility index (Phi) is 7.54. The van der Waals surface area contributed by atoms with Crippen LogP contribution in [0.2, 0.25) is 0 Å². The van der Waals surface area contributed by atoms with Crippen molar-refractivity contribution in [2.24, 2.45) is 11.7 Å². The molecule has 0 rings (SSSR count). The first-order chi connectivity index (χ1) is 8.23. The molecule has 6 heteroatoms. The van der Waals surface area contributed by atoms with Gasteiger partial charge in [0.2, 0.25) is 11.8 Å². The Morgan fingerprint density at radius 1 is 1.22 bits per heavy atom. The lowest BCUT2D eigenvalue weighted by Crippen LogP contribution is -2.48. The van der Waals surface area contributed by atoms with Crippen LogP contribution in [0.25, 0.3) is 0 Å². The normalized spacial score (nSPS) is 15.9. The van der Waals surface area contributed by atoms with Gasteiger partial charge >= 0.3 is 0 Å². The summed E-state index contributed by atoms with van der Waals surface area (Å²) in [6.07, 6.45) is 0.00909. The van der Waals surface area contributed by atoms with E-state index in [9.17, 15) is 9.59 Å². The van der Waals surface area contributed by atoms with E-state index in [-0.39, 0.29) is 30.3 Å². The highest BCUT2D eigenvalue weighted by Gasteiger charge is 2.18. The number of nitrogens with two attached hydrogens (primary N) is 1. The number of hydrogen-bond acceptors (Lipinski definition) is 4. The largest absolute Gasteiger partial charge is 0.393 e. The topological polar surface area (TPSA) is 104 Å². The quantitative estimate of drug-likeness (QED) is 0.488. The van der Waals surface area contributed by atoms with Crippen molar-refractivity contribution < 1.29 is 14.7 Å². The van der Waals surface area contributed by atoms with Gasteiger partial charge in [-0.25, -0.2) is 0 Å². The Labute approximate surface area is 108 Å². The van der Waals surface area contributed by atoms with Crippen molar-refractivity contribution in [1.29, 1.82) is 0 Å². The summed E-state index contributed by atoms with van der Waals surface area (Å²) in [5, 5.41) is 14.3. The molecule has 0 aromatic rings. The molecule has 0 aromatic carbocycles. The summed E-state index contributed by atoms with van der Waals surface area (Å²) in [5.74, 6) is -0.585. The van der Waals surface area contributed by atoms with Gasteiger partial charge in [-0.3, -0.25) is 9.59 Å². The first-order valence-corrected chi connectivity index (χ1v) is 6.24. The van der Waals surface area contributed by atoms with Crippen LogP contribution < -0.4 is 16.4 Å². The van der Waals surface area contributed by atoms with E-state index in [0.717, 1.165) is 0 Å². The summed E-state index contributed by atoms with van der Waals surface area (Å²) >= 11 is 0. The molecule has 0 radical (unpaired) electrons. The molecule has 0 heterocycles. The van der Waals surface area contributed by atoms with Gasteiger partial charge in [-0.2, -0.15) is 0 Å². The number of amides is 2. The van der Waals surface area contributed by atoms with Crippen LogP contribution in [0.1, 0.15) is 34.1 Å². The minimum absolute atomic E-state index is 0.0298. The molecule has 0 saturated heterocycles. The SMILES string of the molecule is CC(O)CC(C)NC(=O)CNC(=O)[C@@H](N)C(C)C. The molecule has 0 bridgehead atoms. The van der Waals surface area contributed by atoms with Crippen molar-refractivity contribution >= 4 is 11.8 Å². The average Bonchev–Trinajstić information content (AvgIpc) is 2.23. The maximum absolute atomic E-state index is 11.5. The minimum atomic E-state index is -0.604. The third kappa shape index (κ3) is 7.24. The number of hydrogen-bond donors (Lipinski definition) is 4. The maximum Gasteiger partial charge on any atom is 0.239 e. The van der Waals surface area contributed by atoms with E-state index in [1.165, 1.54) is 0 Å². The van der Waals surface area contributed by atoms with Crippen LogP contribution >= 0.6 is 0 Å². The van der Waals surface area contributed by atoms with Crippen LogP contribution in [0.3, 0.4) is 0 Å². The standard InChI is InChI=1S/C12H25N3O3/c1-7(2)11(13)12(18)14-6-10(17)15-8(3)5-9(4)16/h7-9,11,16H,5-6,13H2,1-4H3,(H,14,18)(H,15,17)/t8?,9?,11-/m0/s1. The second-order valence-electron chi connectivity index (χ2n) is 5.04. The molecule has 0 spiro atoms. The van der Waals surface area contributed by atoms with E-state index in [4.69, 9.17) is 10.8 Å². The molecule has 0 fully saturated rings. The Morgan fingerprint density at radius 3 is 2.22 bits per heavy atom. The van der Waals surface area contributed by atoms with Gasteiger partial charge in [-0.1, -0.05) is 13.8 Å². The molecule has 0 aromatic heterocycles. The Bertz CT molecular complexity index is 280. The van der Waals surface area contributed by atoms with Crippen molar-refractivity contribution in [3.8, 4) is 0 Å². The summed E-state index contributed by atoms with van der Waals surface area (Å²) in [6.45, 7) is 7.05. The van der Waals surface area contributed by atoms with Crippen molar-refractivity contribution in [2.45, 2.75) is 52.3 Å². The van der Waals surface area contributed by atoms with Crippen molar-refractivity contribution in [2.75, 3.05) is 6.54 Å². The maximum atomic E-state index is 11.5. The van der Waals surface area contributed by atoms with E-state index in [1.807, 2.05) is 13.8 Å². The van der Waals surface area contributed by atoms with Crippen LogP contribution in [-0.2, 0) is 9.59 Å². The molecule has 0 aliphatic carbocycles. The lowest BCUT2D eigenvalue weighted by molar-refractivity contribution is -0.127. The first kappa shape index (κ1) is 16.9. The number of aliphatic hydroxyl groups excluding tert-OH is 1. The van der Waals surface area contributed by atoms with Crippen LogP contribution in [-0.4, -0.2) is 41.7 Å². The monoisotopic (exact) mass is 259 g/mol. The van der Waals surface area contributed by atoms with Gasteiger partial charge in [0.25, 0.3) is 0 Å². The smallest absolute Gasteiger partial charge is 0.239 e. The summed E-state index contributed by atoms with van der Waals surface area (Å²) in [5.41, 5.74) is 5.64. The highest BCUT2D eigenvalue weighted by atomic mass is 16.3. The Morgan fingerprint density at radius 2 is 1.78 bits per heavy atom. The summed E-state index contributed by atoms with van der Waals surface area (Å²) in [4.78, 5) is 23.0. The summed E-state index contributed by atoms with van der Waals surface area (Å²) < 4.78 is 0. The van der Waals surface area contributed by atoms with E-state index in [1.54, 1.807) is 13.8 Å². The fraction of sp³-hybridized carbons (Fsp3) is 0.833. The minimum Gasteiger partial charge on any atom is -0.393 e. The third-order valence-corrected chi connectivity index (χ3v) is 2.55. The number of nitrogens with one attached hydrogen (secondary N) is 2. The molecule has 0 saturated carbocycles. The first-order valence-electron chi connectivity index (χ1n) is 6.24. The van der Waals surface area contributed by atoms with Crippen molar-refractivity contribution in [3.05, 3.63) is 0 Å². The molecule has 18 heavy (non-hydrogen) atoms. The van der Waals surface area contributed by atoms with Gasteiger partial charge in [0.15, 0.2) is 0 Å². The van der Waals surface area contributed by atoms with E-state index >= 15 is 0 Å². The molecule has 0 aliphatic rings. The lowest BCUT2D eigenvalue weighted by Gasteiger charge is -2.17. The molecule has 0 aliphatic heterocycles. The van der Waals surface area contributed by atoms with Gasteiger partial charge in [0.05, 0.1) is 18.7 Å². The van der Waals surface area contributed by atoms with Crippen LogP contribution in [0.4, 0.5) is 0 Å². The van der Waals surface area contributed by atoms with Gasteiger partial charge in [0.1, 0.15) is 0 Å². The molecular weight excluding hydrogens is 234 g/mol. The molecule has 2 unspecified atom stereocenters. The molecule has 2 amide bonds. The lowest BCUT2D eigenvalue weighted by atomic mass is 10.1. The zero-order chi connectivity index (χ0) is 14.3. The zero-order valence-corrected chi connectivity index (χ0v) is 11.6. The average molecular weight is 259 g/mol. The number of aliphatic hydroxyl groups is 1. The predicted molar refractivity (Wildman–Crippen MR) is 69.7 cm³/mol. The molecule has 106 valence electrons. The summed E-state index contributed by atoms with van der Waals surface area (Å²) in [6, 6.07) is -0.735. The van der Waals surface area contributed by atoms with Gasteiger partial charge in [-0.15, -0.1) is 0 Å². The van der Waals surface area contributed by atoms with Gasteiger partial charge < -0.3 is 21.5 Å². The molecule has 6 nitrogen and oxygen atoms in total. The van der Waals surface area contributed by atoms with E-state index < -0.39 is 12.1 Å². The van der Waals surface area contributed by atoms with E-state index in [0.29, 0.717) is 6.42 Å². The second-order valence-corrected chi connectivity index (χ2v) is 5.04. The molecule has 3 atom stereocenters. The van der Waals surface area contributed by atoms with Crippen LogP contribution in [0.15, 0.2) is 0 Å². The third-order valence-electron chi connectivity index (χ3n) is 2.55. The second kappa shape index (κ2) is 8.05. The fourth-order valence-corrected chi connectivity index (χ4v) is 1.48. The van der Waals surface area contributed by atoms with E-state index in [2.05, 4.69) is 10.6 Å². The zero-order valence-electron chi connectivity index (χ0n) is 11.6. The highest BCUT2D eigenvalue weighted by molar-refractivity contribution is 5.87. The van der Waals surface area contributed by atoms with Gasteiger partial charge in [-0.05, 0) is 26.2 Å². The van der Waals surface area contributed by atoms with Crippen molar-refractivity contribution in [1.82, 2.24) is 10.6 Å². The van der Waals surface area contributed by atoms with Gasteiger partial charge in [0, 0.05) is 6.04 Å². The number of carbonyl (C=O) groups is 2. The van der Waals surface area contributed by atoms with Crippen molar-refractivity contribution in [3.63, 3.8) is 0 Å². The molecular formula is C12H25N3O3. The van der Waals surface area contributed by atoms with Crippen LogP contribution in [0.5, 0.6) is 0 Å². The summed E-state index contributed by atoms with van der Waals surface area (Å²) in [7, 11) is 0. The molecule has 5 N–H and O–H groups in total. The Hall–Kier alpha value is -1.14. The predicted octanol–water partition coefficient (Wildman–Crippen LogP) is -0.638. The highest BCUT2D eigenvalue weighted by Crippen LogP contribution is 1.98. The Balaban J connectivity index is 3.93. The number of rotatable bonds is 7.